The van der Waals surface area contributed by atoms with Gasteiger partial charge in [-0.3, -0.25) is 4.79 Å². The standard InChI is InChI=1S/C10H15NO2/c1-5-8-10(13)9(12)6(2)7(3)11(8)4/h13H,5H2,1-4H3. The molecule has 0 aromatic carbocycles. The first kappa shape index (κ1) is 9.84. The number of rotatable bonds is 1. The van der Waals surface area contributed by atoms with Gasteiger partial charge in [-0.1, -0.05) is 6.92 Å². The van der Waals surface area contributed by atoms with Gasteiger partial charge in [-0.25, -0.2) is 0 Å². The molecule has 0 bridgehead atoms. The number of aromatic nitrogens is 1. The summed E-state index contributed by atoms with van der Waals surface area (Å²) in [6, 6.07) is 0. The van der Waals surface area contributed by atoms with Crippen LogP contribution in [0.15, 0.2) is 4.79 Å². The van der Waals surface area contributed by atoms with Crippen molar-refractivity contribution in [3.05, 3.63) is 27.2 Å². The van der Waals surface area contributed by atoms with E-state index < -0.39 is 0 Å². The molecule has 1 rings (SSSR count). The second-order valence-electron chi connectivity index (χ2n) is 3.25. The van der Waals surface area contributed by atoms with Crippen molar-refractivity contribution in [1.29, 1.82) is 0 Å². The minimum absolute atomic E-state index is 0.104. The molecular weight excluding hydrogens is 166 g/mol. The third-order valence-corrected chi connectivity index (χ3v) is 2.61. The van der Waals surface area contributed by atoms with E-state index in [9.17, 15) is 9.90 Å². The molecule has 0 aliphatic heterocycles. The lowest BCUT2D eigenvalue weighted by Crippen LogP contribution is -2.17. The van der Waals surface area contributed by atoms with Gasteiger partial charge in [-0.15, -0.1) is 0 Å². The molecule has 0 saturated carbocycles. The summed E-state index contributed by atoms with van der Waals surface area (Å²) in [5.41, 5.74) is 2.00. The van der Waals surface area contributed by atoms with Crippen LogP contribution >= 0.6 is 0 Å². The molecule has 0 saturated heterocycles. The number of hydrogen-bond donors (Lipinski definition) is 1. The Morgan fingerprint density at radius 1 is 1.38 bits per heavy atom. The first-order valence-corrected chi connectivity index (χ1v) is 4.38. The fourth-order valence-corrected chi connectivity index (χ4v) is 1.49. The highest BCUT2D eigenvalue weighted by atomic mass is 16.3. The van der Waals surface area contributed by atoms with Crippen LogP contribution in [0.5, 0.6) is 5.75 Å². The molecule has 0 fully saturated rings. The first-order valence-electron chi connectivity index (χ1n) is 4.38. The third kappa shape index (κ3) is 1.34. The number of aromatic hydroxyl groups is 1. The Balaban J connectivity index is 3.67. The van der Waals surface area contributed by atoms with E-state index in [1.807, 2.05) is 25.5 Å². The van der Waals surface area contributed by atoms with Gasteiger partial charge in [-0.2, -0.15) is 0 Å². The summed E-state index contributed by atoms with van der Waals surface area (Å²) in [4.78, 5) is 11.5. The van der Waals surface area contributed by atoms with Gasteiger partial charge in [0.25, 0.3) is 0 Å². The molecule has 13 heavy (non-hydrogen) atoms. The van der Waals surface area contributed by atoms with Crippen LogP contribution in [0.3, 0.4) is 0 Å². The van der Waals surface area contributed by atoms with E-state index in [0.717, 1.165) is 5.69 Å². The second-order valence-corrected chi connectivity index (χ2v) is 3.25. The molecule has 0 amide bonds. The van der Waals surface area contributed by atoms with E-state index in [1.54, 1.807) is 6.92 Å². The van der Waals surface area contributed by atoms with E-state index in [2.05, 4.69) is 0 Å². The third-order valence-electron chi connectivity index (χ3n) is 2.61. The van der Waals surface area contributed by atoms with E-state index in [4.69, 9.17) is 0 Å². The van der Waals surface area contributed by atoms with Gasteiger partial charge in [0.1, 0.15) is 0 Å². The monoisotopic (exact) mass is 181 g/mol. The SMILES string of the molecule is CCc1c(O)c(=O)c(C)c(C)n1C. The Hall–Kier alpha value is -1.25. The largest absolute Gasteiger partial charge is 0.503 e. The lowest BCUT2D eigenvalue weighted by molar-refractivity contribution is 0.451. The lowest BCUT2D eigenvalue weighted by atomic mass is 10.1. The molecule has 1 aromatic heterocycles. The van der Waals surface area contributed by atoms with E-state index in [0.29, 0.717) is 17.7 Å². The molecule has 0 aliphatic carbocycles. The summed E-state index contributed by atoms with van der Waals surface area (Å²) in [5.74, 6) is -0.104. The summed E-state index contributed by atoms with van der Waals surface area (Å²) < 4.78 is 1.87. The second kappa shape index (κ2) is 3.24. The summed E-state index contributed by atoms with van der Waals surface area (Å²) in [5, 5.41) is 9.55. The van der Waals surface area contributed by atoms with Gasteiger partial charge in [0.2, 0.25) is 5.43 Å². The Kier molecular flexibility index (Phi) is 2.45. The Morgan fingerprint density at radius 2 is 1.92 bits per heavy atom. The molecule has 0 radical (unpaired) electrons. The topological polar surface area (TPSA) is 42.2 Å². The van der Waals surface area contributed by atoms with Crippen LogP contribution in [-0.4, -0.2) is 9.67 Å². The molecule has 0 unspecified atom stereocenters. The highest BCUT2D eigenvalue weighted by molar-refractivity contribution is 5.34. The zero-order chi connectivity index (χ0) is 10.2. The quantitative estimate of drug-likeness (QED) is 0.709. The number of nitrogens with zero attached hydrogens (tertiary/aromatic N) is 1. The number of hydrogen-bond acceptors (Lipinski definition) is 2. The highest BCUT2D eigenvalue weighted by Gasteiger charge is 2.12. The van der Waals surface area contributed by atoms with Crippen molar-refractivity contribution >= 4 is 0 Å². The molecule has 0 aliphatic rings. The van der Waals surface area contributed by atoms with Crippen LogP contribution in [0.2, 0.25) is 0 Å². The van der Waals surface area contributed by atoms with Crippen molar-refractivity contribution in [3.8, 4) is 5.75 Å². The average Bonchev–Trinajstić information content (AvgIpc) is 2.13. The van der Waals surface area contributed by atoms with Crippen LogP contribution in [0.1, 0.15) is 23.9 Å². The fraction of sp³-hybridized carbons (Fsp3) is 0.500. The molecule has 1 N–H and O–H groups in total. The summed E-state index contributed by atoms with van der Waals surface area (Å²) in [6.07, 6.45) is 0.665. The van der Waals surface area contributed by atoms with Crippen LogP contribution in [0.25, 0.3) is 0 Å². The van der Waals surface area contributed by atoms with Crippen molar-refractivity contribution in [1.82, 2.24) is 4.57 Å². The van der Waals surface area contributed by atoms with Crippen molar-refractivity contribution < 1.29 is 5.11 Å². The summed E-state index contributed by atoms with van der Waals surface area (Å²) >= 11 is 0. The Morgan fingerprint density at radius 3 is 2.38 bits per heavy atom. The Bertz CT molecular complexity index is 391. The summed E-state index contributed by atoms with van der Waals surface area (Å²) in [6.45, 7) is 5.54. The molecule has 3 nitrogen and oxygen atoms in total. The van der Waals surface area contributed by atoms with Gasteiger partial charge < -0.3 is 9.67 Å². The van der Waals surface area contributed by atoms with Gasteiger partial charge >= 0.3 is 0 Å². The van der Waals surface area contributed by atoms with E-state index in [-0.39, 0.29) is 11.2 Å². The van der Waals surface area contributed by atoms with Crippen LogP contribution in [0, 0.1) is 13.8 Å². The molecule has 1 aromatic rings. The van der Waals surface area contributed by atoms with Gasteiger partial charge in [-0.05, 0) is 20.3 Å². The maximum Gasteiger partial charge on any atom is 0.226 e. The molecule has 0 spiro atoms. The van der Waals surface area contributed by atoms with Gasteiger partial charge in [0.05, 0.1) is 5.69 Å². The van der Waals surface area contributed by atoms with Crippen LogP contribution < -0.4 is 5.43 Å². The van der Waals surface area contributed by atoms with Crippen LogP contribution in [0.4, 0.5) is 0 Å². The smallest absolute Gasteiger partial charge is 0.226 e. The average molecular weight is 181 g/mol. The Labute approximate surface area is 77.6 Å². The zero-order valence-corrected chi connectivity index (χ0v) is 8.51. The lowest BCUT2D eigenvalue weighted by Gasteiger charge is -2.14. The first-order chi connectivity index (χ1) is 6.00. The fourth-order valence-electron chi connectivity index (χ4n) is 1.49. The summed E-state index contributed by atoms with van der Waals surface area (Å²) in [7, 11) is 1.86. The van der Waals surface area contributed by atoms with Crippen LogP contribution in [-0.2, 0) is 13.5 Å². The van der Waals surface area contributed by atoms with E-state index in [1.165, 1.54) is 0 Å². The minimum atomic E-state index is -0.243. The predicted octanol–water partition coefficient (Wildman–Crippen LogP) is 1.27. The van der Waals surface area contributed by atoms with E-state index >= 15 is 0 Å². The van der Waals surface area contributed by atoms with Crippen molar-refractivity contribution in [2.24, 2.45) is 7.05 Å². The van der Waals surface area contributed by atoms with Crippen molar-refractivity contribution in [2.75, 3.05) is 0 Å². The maximum absolute atomic E-state index is 11.5. The van der Waals surface area contributed by atoms with Gasteiger partial charge in [0.15, 0.2) is 5.75 Å². The van der Waals surface area contributed by atoms with Crippen molar-refractivity contribution in [3.63, 3.8) is 0 Å². The maximum atomic E-state index is 11.5. The molecule has 3 heteroatoms. The normalized spacial score (nSPS) is 10.5. The zero-order valence-electron chi connectivity index (χ0n) is 8.51. The van der Waals surface area contributed by atoms with Crippen molar-refractivity contribution in [2.45, 2.75) is 27.2 Å². The predicted molar refractivity (Wildman–Crippen MR) is 52.2 cm³/mol. The molecule has 72 valence electrons. The molecular formula is C10H15NO2. The molecule has 0 atom stereocenters. The highest BCUT2D eigenvalue weighted by Crippen LogP contribution is 2.15. The van der Waals surface area contributed by atoms with Gasteiger partial charge in [0, 0.05) is 18.3 Å². The number of pyridine rings is 1. The minimum Gasteiger partial charge on any atom is -0.503 e. The molecule has 1 heterocycles.